The normalized spacial score (nSPS) is 21.2. The molecule has 33 heavy (non-hydrogen) atoms. The molecule has 11 heteroatoms. The number of pyridine rings is 2. The van der Waals surface area contributed by atoms with E-state index >= 15 is 0 Å². The topological polar surface area (TPSA) is 111 Å². The van der Waals surface area contributed by atoms with E-state index in [1.165, 1.54) is 37.3 Å². The smallest absolute Gasteiger partial charge is 0.295 e. The molecule has 4 heterocycles. The number of amides is 1. The molecule has 1 amide bonds. The van der Waals surface area contributed by atoms with Gasteiger partial charge in [-0.1, -0.05) is 16.7 Å². The Balaban J connectivity index is 1.31. The number of aromatic nitrogens is 4. The van der Waals surface area contributed by atoms with Gasteiger partial charge in [-0.2, -0.15) is 0 Å². The SMILES string of the molecule is COc1cnc(Cl)cc1-c1cc(C)ncc1C(=O)Nc1nnc(OCC2CC3CC2CN3)s1. The predicted octanol–water partition coefficient (Wildman–Crippen LogP) is 3.59. The second-order valence-corrected chi connectivity index (χ2v) is 9.64. The van der Waals surface area contributed by atoms with Crippen LogP contribution in [-0.4, -0.2) is 52.4 Å². The van der Waals surface area contributed by atoms with Crippen molar-refractivity contribution in [1.82, 2.24) is 25.5 Å². The number of carbonyl (C=O) groups is 1. The highest BCUT2D eigenvalue weighted by Crippen LogP contribution is 2.37. The van der Waals surface area contributed by atoms with Gasteiger partial charge < -0.3 is 14.8 Å². The van der Waals surface area contributed by atoms with E-state index in [1.807, 2.05) is 13.0 Å². The number of rotatable bonds is 7. The molecule has 172 valence electrons. The van der Waals surface area contributed by atoms with Crippen molar-refractivity contribution in [3.63, 3.8) is 0 Å². The van der Waals surface area contributed by atoms with Gasteiger partial charge in [-0.3, -0.25) is 15.1 Å². The summed E-state index contributed by atoms with van der Waals surface area (Å²) in [6.07, 6.45) is 5.41. The maximum absolute atomic E-state index is 13.1. The molecule has 1 aliphatic carbocycles. The summed E-state index contributed by atoms with van der Waals surface area (Å²) in [6.45, 7) is 3.54. The molecular formula is C22H23ClN6O3S. The molecule has 0 spiro atoms. The van der Waals surface area contributed by atoms with Gasteiger partial charge in [-0.15, -0.1) is 5.10 Å². The highest BCUT2D eigenvalue weighted by atomic mass is 35.5. The van der Waals surface area contributed by atoms with E-state index in [1.54, 1.807) is 6.07 Å². The number of nitrogens with one attached hydrogen (secondary N) is 2. The summed E-state index contributed by atoms with van der Waals surface area (Å²) >= 11 is 7.31. The lowest BCUT2D eigenvalue weighted by atomic mass is 9.96. The average Bonchev–Trinajstić information content (AvgIpc) is 3.55. The van der Waals surface area contributed by atoms with Gasteiger partial charge in [-0.05, 0) is 61.6 Å². The van der Waals surface area contributed by atoms with Crippen LogP contribution in [0.4, 0.5) is 5.13 Å². The second-order valence-electron chi connectivity index (χ2n) is 8.31. The van der Waals surface area contributed by atoms with Gasteiger partial charge in [0.25, 0.3) is 11.1 Å². The third kappa shape index (κ3) is 4.64. The molecule has 2 fully saturated rings. The molecule has 3 aromatic rings. The number of nitrogens with zero attached hydrogens (tertiary/aromatic N) is 4. The Bertz CT molecular complexity index is 1190. The molecule has 1 saturated carbocycles. The van der Waals surface area contributed by atoms with E-state index in [9.17, 15) is 4.79 Å². The zero-order valence-electron chi connectivity index (χ0n) is 18.2. The Morgan fingerprint density at radius 3 is 2.88 bits per heavy atom. The zero-order valence-corrected chi connectivity index (χ0v) is 19.7. The number of anilines is 1. The number of aryl methyl sites for hydroxylation is 1. The van der Waals surface area contributed by atoms with Crippen molar-refractivity contribution in [3.05, 3.63) is 40.9 Å². The number of halogens is 1. The summed E-state index contributed by atoms with van der Waals surface area (Å²) in [4.78, 5) is 21.5. The molecular weight excluding hydrogens is 464 g/mol. The molecule has 3 atom stereocenters. The molecule has 2 aliphatic rings. The minimum Gasteiger partial charge on any atom is -0.494 e. The Morgan fingerprint density at radius 2 is 2.12 bits per heavy atom. The first kappa shape index (κ1) is 22.0. The van der Waals surface area contributed by atoms with Crippen LogP contribution in [0.2, 0.25) is 5.15 Å². The summed E-state index contributed by atoms with van der Waals surface area (Å²) in [6, 6.07) is 4.09. The van der Waals surface area contributed by atoms with Crippen molar-refractivity contribution in [2.45, 2.75) is 25.8 Å². The molecule has 0 radical (unpaired) electrons. The van der Waals surface area contributed by atoms with Crippen molar-refractivity contribution in [2.75, 3.05) is 25.6 Å². The van der Waals surface area contributed by atoms with Gasteiger partial charge in [0, 0.05) is 29.1 Å². The predicted molar refractivity (Wildman–Crippen MR) is 125 cm³/mol. The number of hydrogen-bond acceptors (Lipinski definition) is 9. The maximum atomic E-state index is 13.1. The lowest BCUT2D eigenvalue weighted by molar-refractivity contribution is 0.102. The summed E-state index contributed by atoms with van der Waals surface area (Å²) in [5.74, 6) is 1.35. The monoisotopic (exact) mass is 486 g/mol. The fourth-order valence-electron chi connectivity index (χ4n) is 4.57. The van der Waals surface area contributed by atoms with E-state index < -0.39 is 0 Å². The lowest BCUT2D eigenvalue weighted by Crippen LogP contribution is -2.32. The Morgan fingerprint density at radius 1 is 1.24 bits per heavy atom. The molecule has 5 rings (SSSR count). The molecule has 2 N–H and O–H groups in total. The zero-order chi connectivity index (χ0) is 22.9. The van der Waals surface area contributed by atoms with Crippen LogP contribution in [0.3, 0.4) is 0 Å². The molecule has 3 unspecified atom stereocenters. The van der Waals surface area contributed by atoms with Crippen LogP contribution in [0.15, 0.2) is 24.5 Å². The van der Waals surface area contributed by atoms with Crippen LogP contribution in [0.5, 0.6) is 10.9 Å². The molecule has 2 bridgehead atoms. The summed E-state index contributed by atoms with van der Waals surface area (Å²) in [5, 5.41) is 15.5. The first-order valence-corrected chi connectivity index (χ1v) is 11.9. The van der Waals surface area contributed by atoms with E-state index in [2.05, 4.69) is 30.8 Å². The maximum Gasteiger partial charge on any atom is 0.295 e. The third-order valence-electron chi connectivity index (χ3n) is 6.19. The van der Waals surface area contributed by atoms with Gasteiger partial charge in [0.2, 0.25) is 5.13 Å². The van der Waals surface area contributed by atoms with Crippen molar-refractivity contribution < 1.29 is 14.3 Å². The van der Waals surface area contributed by atoms with Gasteiger partial charge in [-0.25, -0.2) is 4.98 Å². The van der Waals surface area contributed by atoms with Crippen LogP contribution in [0.1, 0.15) is 28.9 Å². The Hall–Kier alpha value is -2.82. The highest BCUT2D eigenvalue weighted by molar-refractivity contribution is 7.17. The van der Waals surface area contributed by atoms with Crippen LogP contribution >= 0.6 is 22.9 Å². The number of fused-ring (bicyclic) bond motifs is 2. The number of hydrogen-bond donors (Lipinski definition) is 2. The standard InChI is InChI=1S/C22H23ClN6O3S/c1-11-3-15(16-6-19(23)26-9-18(16)31-2)17(8-24-11)20(30)27-21-28-29-22(33-21)32-10-13-5-14-4-12(13)7-25-14/h3,6,8-9,12-14,25H,4-5,7,10H2,1-2H3,(H,27,28,30). The number of ether oxygens (including phenoxy) is 2. The summed E-state index contributed by atoms with van der Waals surface area (Å²) in [7, 11) is 1.54. The number of methoxy groups -OCH3 is 1. The quantitative estimate of drug-likeness (QED) is 0.487. The van der Waals surface area contributed by atoms with Crippen LogP contribution in [0.25, 0.3) is 11.1 Å². The molecule has 1 saturated heterocycles. The van der Waals surface area contributed by atoms with E-state index in [0.717, 1.165) is 18.7 Å². The van der Waals surface area contributed by atoms with Crippen molar-refractivity contribution >= 4 is 34.0 Å². The Kier molecular flexibility index (Phi) is 6.13. The number of piperidine rings is 1. The molecule has 9 nitrogen and oxygen atoms in total. The first-order valence-electron chi connectivity index (χ1n) is 10.7. The number of carbonyl (C=O) groups excluding carboxylic acids is 1. The van der Waals surface area contributed by atoms with Gasteiger partial charge >= 0.3 is 0 Å². The van der Waals surface area contributed by atoms with Crippen molar-refractivity contribution in [3.8, 4) is 22.1 Å². The van der Waals surface area contributed by atoms with Crippen LogP contribution in [-0.2, 0) is 0 Å². The fraction of sp³-hybridized carbons (Fsp3) is 0.409. The highest BCUT2D eigenvalue weighted by Gasteiger charge is 2.39. The minimum atomic E-state index is -0.366. The summed E-state index contributed by atoms with van der Waals surface area (Å²) in [5.41, 5.74) is 2.38. The minimum absolute atomic E-state index is 0.295. The van der Waals surface area contributed by atoms with Gasteiger partial charge in [0.1, 0.15) is 10.9 Å². The molecule has 0 aromatic carbocycles. The fourth-order valence-corrected chi connectivity index (χ4v) is 5.32. The summed E-state index contributed by atoms with van der Waals surface area (Å²) < 4.78 is 11.3. The first-order chi connectivity index (χ1) is 16.0. The second kappa shape index (κ2) is 9.20. The van der Waals surface area contributed by atoms with E-state index in [4.69, 9.17) is 21.1 Å². The van der Waals surface area contributed by atoms with Gasteiger partial charge in [0.05, 0.1) is 25.5 Å². The largest absolute Gasteiger partial charge is 0.494 e. The van der Waals surface area contributed by atoms with Crippen LogP contribution in [0, 0.1) is 18.8 Å². The van der Waals surface area contributed by atoms with E-state index in [0.29, 0.717) is 62.4 Å². The van der Waals surface area contributed by atoms with Crippen molar-refractivity contribution in [1.29, 1.82) is 0 Å². The molecule has 3 aromatic heterocycles. The van der Waals surface area contributed by atoms with Crippen LogP contribution < -0.4 is 20.1 Å². The average molecular weight is 487 g/mol. The third-order valence-corrected chi connectivity index (χ3v) is 7.15. The van der Waals surface area contributed by atoms with Crippen molar-refractivity contribution in [2.24, 2.45) is 11.8 Å². The Labute approximate surface area is 199 Å². The molecule has 1 aliphatic heterocycles. The van der Waals surface area contributed by atoms with E-state index in [-0.39, 0.29) is 5.91 Å². The lowest BCUT2D eigenvalue weighted by Gasteiger charge is -2.21. The van der Waals surface area contributed by atoms with Gasteiger partial charge in [0.15, 0.2) is 0 Å².